The lowest BCUT2D eigenvalue weighted by Crippen LogP contribution is -2.43. The number of pyridine rings is 1. The molecule has 0 atom stereocenters. The number of aryl methyl sites for hydroxylation is 1. The molecule has 31 heavy (non-hydrogen) atoms. The van der Waals surface area contributed by atoms with Gasteiger partial charge < -0.3 is 9.88 Å². The summed E-state index contributed by atoms with van der Waals surface area (Å²) >= 11 is 0. The van der Waals surface area contributed by atoms with Crippen LogP contribution in [0.15, 0.2) is 35.3 Å². The third kappa shape index (κ3) is 4.45. The van der Waals surface area contributed by atoms with Crippen LogP contribution in [0, 0.1) is 13.8 Å². The zero-order chi connectivity index (χ0) is 22.8. The quantitative estimate of drug-likeness (QED) is 0.551. The first-order chi connectivity index (χ1) is 14.8. The predicted octanol–water partition coefficient (Wildman–Crippen LogP) is 5.88. The minimum Gasteiger partial charge on any atom is -0.365 e. The fourth-order valence-corrected chi connectivity index (χ4v) is 4.02. The van der Waals surface area contributed by atoms with Crippen LogP contribution in [0.2, 0.25) is 0 Å². The molecule has 0 aliphatic heterocycles. The van der Waals surface area contributed by atoms with E-state index in [0.717, 1.165) is 30.2 Å². The standard InChI is InChI=1S/C22H24F2N4O.C2H6/c1-13-15(6-4-7-16(13)20(23)24)11-25-21-17-12-28(22(3)8-5-9-22)19(29)10-18(17)26-14(2)27-21;1-2/h4,6-7,10,12,20H,5,8-9,11H2,1-3H3,(H,25,26,27);1-2H3. The number of benzene rings is 1. The highest BCUT2D eigenvalue weighted by molar-refractivity contribution is 5.88. The van der Waals surface area contributed by atoms with E-state index >= 15 is 0 Å². The molecule has 2 heterocycles. The Kier molecular flexibility index (Phi) is 6.72. The Labute approximate surface area is 181 Å². The summed E-state index contributed by atoms with van der Waals surface area (Å²) in [5, 5.41) is 4.03. The zero-order valence-electron chi connectivity index (χ0n) is 18.8. The number of nitrogens with zero attached hydrogens (tertiary/aromatic N) is 3. The van der Waals surface area contributed by atoms with Crippen molar-refractivity contribution in [2.75, 3.05) is 5.32 Å². The molecule has 0 spiro atoms. The third-order valence-electron chi connectivity index (χ3n) is 6.02. The van der Waals surface area contributed by atoms with Crippen molar-refractivity contribution in [3.05, 3.63) is 63.3 Å². The number of anilines is 1. The van der Waals surface area contributed by atoms with Crippen molar-refractivity contribution in [1.82, 2.24) is 14.5 Å². The van der Waals surface area contributed by atoms with Gasteiger partial charge in [0.1, 0.15) is 11.6 Å². The molecule has 0 saturated heterocycles. The van der Waals surface area contributed by atoms with Crippen LogP contribution in [0.25, 0.3) is 10.9 Å². The van der Waals surface area contributed by atoms with Crippen molar-refractivity contribution in [3.63, 3.8) is 0 Å². The van der Waals surface area contributed by atoms with Crippen LogP contribution >= 0.6 is 0 Å². The summed E-state index contributed by atoms with van der Waals surface area (Å²) in [5.74, 6) is 1.15. The Bertz CT molecular complexity index is 1140. The molecule has 3 aromatic rings. The summed E-state index contributed by atoms with van der Waals surface area (Å²) in [4.78, 5) is 21.6. The van der Waals surface area contributed by atoms with Crippen LogP contribution in [0.1, 0.15) is 69.0 Å². The molecule has 7 heteroatoms. The van der Waals surface area contributed by atoms with Crippen LogP contribution in [-0.2, 0) is 12.1 Å². The monoisotopic (exact) mass is 428 g/mol. The smallest absolute Gasteiger partial charge is 0.264 e. The van der Waals surface area contributed by atoms with Gasteiger partial charge in [0.15, 0.2) is 0 Å². The van der Waals surface area contributed by atoms with E-state index in [4.69, 9.17) is 0 Å². The Morgan fingerprint density at radius 2 is 1.90 bits per heavy atom. The summed E-state index contributed by atoms with van der Waals surface area (Å²) in [6.45, 7) is 9.92. The molecular formula is C24H30F2N4O. The fraction of sp³-hybridized carbons (Fsp3) is 0.458. The molecule has 1 aromatic carbocycles. The second-order valence-electron chi connectivity index (χ2n) is 8.04. The molecule has 166 valence electrons. The van der Waals surface area contributed by atoms with E-state index in [1.54, 1.807) is 30.5 Å². The highest BCUT2D eigenvalue weighted by atomic mass is 19.3. The van der Waals surface area contributed by atoms with Gasteiger partial charge >= 0.3 is 0 Å². The lowest BCUT2D eigenvalue weighted by atomic mass is 9.78. The van der Waals surface area contributed by atoms with E-state index < -0.39 is 6.43 Å². The van der Waals surface area contributed by atoms with Gasteiger partial charge in [-0.3, -0.25) is 4.79 Å². The molecule has 1 saturated carbocycles. The maximum absolute atomic E-state index is 13.2. The average molecular weight is 429 g/mol. The molecule has 0 amide bonds. The summed E-state index contributed by atoms with van der Waals surface area (Å²) in [7, 11) is 0. The average Bonchev–Trinajstić information content (AvgIpc) is 2.71. The first-order valence-corrected chi connectivity index (χ1v) is 10.8. The largest absolute Gasteiger partial charge is 0.365 e. The molecule has 4 rings (SSSR count). The molecule has 0 bridgehead atoms. The summed E-state index contributed by atoms with van der Waals surface area (Å²) in [6, 6.07) is 6.48. The number of hydrogen-bond acceptors (Lipinski definition) is 4. The van der Waals surface area contributed by atoms with E-state index in [1.807, 2.05) is 26.1 Å². The minimum absolute atomic E-state index is 0.0415. The fourth-order valence-electron chi connectivity index (χ4n) is 4.02. The van der Waals surface area contributed by atoms with Crippen LogP contribution in [0.4, 0.5) is 14.6 Å². The normalized spacial score (nSPS) is 14.7. The maximum atomic E-state index is 13.2. The summed E-state index contributed by atoms with van der Waals surface area (Å²) in [6.07, 6.45) is 2.37. The number of fused-ring (bicyclic) bond motifs is 1. The molecule has 0 radical (unpaired) electrons. The predicted molar refractivity (Wildman–Crippen MR) is 121 cm³/mol. The van der Waals surface area contributed by atoms with Gasteiger partial charge in [0, 0.05) is 29.9 Å². The van der Waals surface area contributed by atoms with Gasteiger partial charge in [-0.15, -0.1) is 0 Å². The van der Waals surface area contributed by atoms with Crippen LogP contribution in [0.5, 0.6) is 0 Å². The van der Waals surface area contributed by atoms with E-state index in [2.05, 4.69) is 22.2 Å². The van der Waals surface area contributed by atoms with Crippen LogP contribution in [-0.4, -0.2) is 14.5 Å². The topological polar surface area (TPSA) is 59.8 Å². The second-order valence-corrected chi connectivity index (χ2v) is 8.04. The number of halogens is 2. The van der Waals surface area contributed by atoms with E-state index in [0.29, 0.717) is 29.3 Å². The van der Waals surface area contributed by atoms with Gasteiger partial charge in [0.05, 0.1) is 10.9 Å². The molecule has 1 aliphatic rings. The van der Waals surface area contributed by atoms with Gasteiger partial charge in [-0.2, -0.15) is 0 Å². The van der Waals surface area contributed by atoms with Crippen molar-refractivity contribution in [2.45, 2.75) is 72.4 Å². The maximum Gasteiger partial charge on any atom is 0.264 e. The number of hydrogen-bond donors (Lipinski definition) is 1. The molecule has 1 fully saturated rings. The highest BCUT2D eigenvalue weighted by Crippen LogP contribution is 2.38. The van der Waals surface area contributed by atoms with Crippen molar-refractivity contribution >= 4 is 16.7 Å². The Morgan fingerprint density at radius 3 is 2.52 bits per heavy atom. The molecule has 0 unspecified atom stereocenters. The Hall–Kier alpha value is -2.83. The molecular weight excluding hydrogens is 398 g/mol. The van der Waals surface area contributed by atoms with Gasteiger partial charge in [-0.25, -0.2) is 18.7 Å². The lowest BCUT2D eigenvalue weighted by Gasteiger charge is -2.40. The Morgan fingerprint density at radius 1 is 1.19 bits per heavy atom. The van der Waals surface area contributed by atoms with Crippen molar-refractivity contribution < 1.29 is 8.78 Å². The second kappa shape index (κ2) is 9.12. The van der Waals surface area contributed by atoms with E-state index in [9.17, 15) is 13.6 Å². The number of nitrogens with one attached hydrogen (secondary N) is 1. The minimum atomic E-state index is -2.50. The molecule has 1 aliphatic carbocycles. The number of rotatable bonds is 5. The van der Waals surface area contributed by atoms with Gasteiger partial charge in [-0.05, 0) is 51.2 Å². The molecule has 2 aromatic heterocycles. The van der Waals surface area contributed by atoms with Gasteiger partial charge in [0.25, 0.3) is 12.0 Å². The number of alkyl halides is 2. The van der Waals surface area contributed by atoms with Crippen LogP contribution < -0.4 is 10.9 Å². The molecule has 1 N–H and O–H groups in total. The Balaban J connectivity index is 0.00000132. The zero-order valence-corrected chi connectivity index (χ0v) is 18.8. The van der Waals surface area contributed by atoms with Crippen molar-refractivity contribution in [2.24, 2.45) is 0 Å². The van der Waals surface area contributed by atoms with Gasteiger partial charge in [0.2, 0.25) is 0 Å². The SMILES string of the molecule is CC.Cc1nc(NCc2cccc(C(F)F)c2C)c2cn(C3(C)CCC3)c(=O)cc2n1. The van der Waals surface area contributed by atoms with Gasteiger partial charge in [-0.1, -0.05) is 32.0 Å². The third-order valence-corrected chi connectivity index (χ3v) is 6.02. The van der Waals surface area contributed by atoms with E-state index in [1.165, 1.54) is 6.07 Å². The molecule has 5 nitrogen and oxygen atoms in total. The first-order valence-electron chi connectivity index (χ1n) is 10.8. The van der Waals surface area contributed by atoms with E-state index in [-0.39, 0.29) is 16.7 Å². The lowest BCUT2D eigenvalue weighted by molar-refractivity contribution is 0.150. The first kappa shape index (κ1) is 22.8. The van der Waals surface area contributed by atoms with Crippen molar-refractivity contribution in [3.8, 4) is 0 Å². The number of aromatic nitrogens is 3. The van der Waals surface area contributed by atoms with Crippen molar-refractivity contribution in [1.29, 1.82) is 0 Å². The summed E-state index contributed by atoms with van der Waals surface area (Å²) in [5.41, 5.74) is 1.75. The summed E-state index contributed by atoms with van der Waals surface area (Å²) < 4.78 is 28.2. The van der Waals surface area contributed by atoms with Crippen LogP contribution in [0.3, 0.4) is 0 Å². The highest BCUT2D eigenvalue weighted by Gasteiger charge is 2.34.